The molecule has 0 aliphatic rings. The van der Waals surface area contributed by atoms with Crippen molar-refractivity contribution >= 4 is 79.0 Å². The summed E-state index contributed by atoms with van der Waals surface area (Å²) in [7, 11) is 5.66. The molecule has 2 aromatic heterocycles. The molecule has 3 rings (SSSR count). The summed E-state index contributed by atoms with van der Waals surface area (Å²) in [4.78, 5) is 43.7. The first kappa shape index (κ1) is 27.5. The van der Waals surface area contributed by atoms with E-state index < -0.39 is 0 Å². The van der Waals surface area contributed by atoms with Gasteiger partial charge in [-0.25, -0.2) is 4.98 Å². The standard InChI is InChI=1S/C22H25BrN6O3S.ClH/c1-13(23)20(30)25-15-6-7-16-14(10-15)11-17(33-16)21(31)27-18-12-29(4)19(26-18)22(32)24-8-5-9-28(2)3;/h6-7,10-12H,1,5,8-9H2,2-4H3,(H,24,32)(H,25,30)(H,27,31);1H. The highest BCUT2D eigenvalue weighted by Gasteiger charge is 2.17. The van der Waals surface area contributed by atoms with Crippen molar-refractivity contribution < 1.29 is 14.4 Å². The van der Waals surface area contributed by atoms with Crippen LogP contribution in [-0.2, 0) is 11.8 Å². The lowest BCUT2D eigenvalue weighted by molar-refractivity contribution is -0.112. The third-order valence-corrected chi connectivity index (χ3v) is 6.11. The van der Waals surface area contributed by atoms with E-state index in [9.17, 15) is 14.4 Å². The number of amides is 3. The quantitative estimate of drug-likeness (QED) is 0.268. The van der Waals surface area contributed by atoms with Crippen molar-refractivity contribution in [2.75, 3.05) is 37.8 Å². The highest BCUT2D eigenvalue weighted by Crippen LogP contribution is 2.29. The van der Waals surface area contributed by atoms with Gasteiger partial charge in [0.2, 0.25) is 5.82 Å². The summed E-state index contributed by atoms with van der Waals surface area (Å²) in [5.41, 5.74) is 0.601. The van der Waals surface area contributed by atoms with Gasteiger partial charge in [-0.1, -0.05) is 6.58 Å². The van der Waals surface area contributed by atoms with Crippen molar-refractivity contribution in [3.05, 3.63) is 52.2 Å². The number of rotatable bonds is 9. The van der Waals surface area contributed by atoms with Gasteiger partial charge < -0.3 is 25.4 Å². The SMILES string of the molecule is C=C(Br)C(=O)Nc1ccc2sc(C(=O)Nc3cn(C)c(C(=O)NCCCN(C)C)n3)cc2c1.Cl. The van der Waals surface area contributed by atoms with Gasteiger partial charge in [0, 0.05) is 30.2 Å². The molecule has 34 heavy (non-hydrogen) atoms. The van der Waals surface area contributed by atoms with E-state index in [-0.39, 0.29) is 40.4 Å². The van der Waals surface area contributed by atoms with E-state index in [1.54, 1.807) is 36.0 Å². The lowest BCUT2D eigenvalue weighted by Crippen LogP contribution is -2.29. The number of hydrogen-bond donors (Lipinski definition) is 3. The van der Waals surface area contributed by atoms with Crippen molar-refractivity contribution in [2.24, 2.45) is 7.05 Å². The van der Waals surface area contributed by atoms with Gasteiger partial charge in [0.25, 0.3) is 17.7 Å². The van der Waals surface area contributed by atoms with Crippen molar-refractivity contribution in [3.63, 3.8) is 0 Å². The van der Waals surface area contributed by atoms with Crippen LogP contribution in [0.1, 0.15) is 26.7 Å². The second-order valence-corrected chi connectivity index (χ2v) is 9.69. The molecular weight excluding hydrogens is 544 g/mol. The minimum atomic E-state index is -0.338. The zero-order valence-corrected chi connectivity index (χ0v) is 22.2. The zero-order chi connectivity index (χ0) is 24.1. The van der Waals surface area contributed by atoms with Crippen molar-refractivity contribution in [1.82, 2.24) is 19.8 Å². The van der Waals surface area contributed by atoms with Crippen LogP contribution >= 0.6 is 39.7 Å². The number of hydrogen-bond acceptors (Lipinski definition) is 6. The molecule has 0 atom stereocenters. The van der Waals surface area contributed by atoms with Crippen LogP contribution in [0, 0.1) is 0 Å². The number of fused-ring (bicyclic) bond motifs is 1. The predicted molar refractivity (Wildman–Crippen MR) is 142 cm³/mol. The summed E-state index contributed by atoms with van der Waals surface area (Å²) >= 11 is 4.37. The minimum absolute atomic E-state index is 0. The van der Waals surface area contributed by atoms with E-state index in [0.29, 0.717) is 22.9 Å². The maximum absolute atomic E-state index is 12.8. The Morgan fingerprint density at radius 3 is 2.59 bits per heavy atom. The predicted octanol–water partition coefficient (Wildman–Crippen LogP) is 3.84. The van der Waals surface area contributed by atoms with E-state index in [1.807, 2.05) is 25.1 Å². The third-order valence-electron chi connectivity index (χ3n) is 4.63. The second-order valence-electron chi connectivity index (χ2n) is 7.65. The number of nitrogens with zero attached hydrogens (tertiary/aromatic N) is 3. The Morgan fingerprint density at radius 1 is 1.18 bits per heavy atom. The maximum Gasteiger partial charge on any atom is 0.287 e. The number of nitrogens with one attached hydrogen (secondary N) is 3. The molecule has 3 amide bonds. The van der Waals surface area contributed by atoms with Crippen molar-refractivity contribution in [1.29, 1.82) is 0 Å². The molecule has 9 nitrogen and oxygen atoms in total. The molecule has 0 saturated heterocycles. The molecular formula is C22H26BrClN6O3S. The Hall–Kier alpha value is -2.73. The van der Waals surface area contributed by atoms with Crippen LogP contribution in [0.3, 0.4) is 0 Å². The lowest BCUT2D eigenvalue weighted by Gasteiger charge is -2.09. The molecule has 3 aromatic rings. The number of carbonyl (C=O) groups is 3. The van der Waals surface area contributed by atoms with Gasteiger partial charge >= 0.3 is 0 Å². The molecule has 12 heteroatoms. The Labute approximate surface area is 216 Å². The molecule has 182 valence electrons. The number of aromatic nitrogens is 2. The number of anilines is 2. The molecule has 0 fully saturated rings. The highest BCUT2D eigenvalue weighted by molar-refractivity contribution is 9.12. The highest BCUT2D eigenvalue weighted by atomic mass is 79.9. The number of benzene rings is 1. The molecule has 0 bridgehead atoms. The molecule has 0 aliphatic heterocycles. The Balaban J connectivity index is 0.00000408. The zero-order valence-electron chi connectivity index (χ0n) is 19.0. The molecule has 0 spiro atoms. The molecule has 0 saturated carbocycles. The summed E-state index contributed by atoms with van der Waals surface area (Å²) in [5, 5.41) is 9.13. The minimum Gasteiger partial charge on any atom is -0.349 e. The molecule has 0 radical (unpaired) electrons. The Morgan fingerprint density at radius 2 is 1.91 bits per heavy atom. The normalized spacial score (nSPS) is 10.6. The summed E-state index contributed by atoms with van der Waals surface area (Å²) in [5.74, 6) is -0.441. The first-order valence-corrected chi connectivity index (χ1v) is 11.7. The van der Waals surface area contributed by atoms with Gasteiger partial charge in [-0.15, -0.1) is 23.7 Å². The van der Waals surface area contributed by atoms with E-state index in [1.165, 1.54) is 11.3 Å². The van der Waals surface area contributed by atoms with Crippen LogP contribution in [0.5, 0.6) is 0 Å². The summed E-state index contributed by atoms with van der Waals surface area (Å²) in [6.07, 6.45) is 2.43. The summed E-state index contributed by atoms with van der Waals surface area (Å²) in [6.45, 7) is 4.96. The van der Waals surface area contributed by atoms with Gasteiger partial charge in [-0.2, -0.15) is 0 Å². The number of halogens is 2. The topological polar surface area (TPSA) is 108 Å². The van der Waals surface area contributed by atoms with E-state index in [4.69, 9.17) is 0 Å². The largest absolute Gasteiger partial charge is 0.349 e. The van der Waals surface area contributed by atoms with Gasteiger partial charge in [0.15, 0.2) is 5.82 Å². The first-order valence-electron chi connectivity index (χ1n) is 10.1. The van der Waals surface area contributed by atoms with E-state index >= 15 is 0 Å². The van der Waals surface area contributed by atoms with Gasteiger partial charge in [0.1, 0.15) is 0 Å². The molecule has 2 heterocycles. The average molecular weight is 570 g/mol. The number of imidazole rings is 1. The van der Waals surface area contributed by atoms with E-state index in [2.05, 4.69) is 43.4 Å². The first-order chi connectivity index (χ1) is 15.6. The van der Waals surface area contributed by atoms with Gasteiger partial charge in [-0.3, -0.25) is 14.4 Å². The van der Waals surface area contributed by atoms with Gasteiger partial charge in [-0.05, 0) is 72.6 Å². The fourth-order valence-electron chi connectivity index (χ4n) is 3.02. The second kappa shape index (κ2) is 12.1. The number of thiophene rings is 1. The van der Waals surface area contributed by atoms with Crippen LogP contribution < -0.4 is 16.0 Å². The Kier molecular flexibility index (Phi) is 9.80. The van der Waals surface area contributed by atoms with Crippen LogP contribution in [0.25, 0.3) is 10.1 Å². The fourth-order valence-corrected chi connectivity index (χ4v) is 4.06. The van der Waals surface area contributed by atoms with E-state index in [0.717, 1.165) is 23.1 Å². The molecule has 0 aliphatic carbocycles. The fraction of sp³-hybridized carbons (Fsp3) is 0.273. The molecule has 0 unspecified atom stereocenters. The number of carbonyl (C=O) groups excluding carboxylic acids is 3. The monoisotopic (exact) mass is 568 g/mol. The lowest BCUT2D eigenvalue weighted by atomic mass is 10.2. The van der Waals surface area contributed by atoms with Crippen LogP contribution in [0.15, 0.2) is 41.5 Å². The number of aryl methyl sites for hydroxylation is 1. The van der Waals surface area contributed by atoms with Crippen LogP contribution in [-0.4, -0.2) is 59.4 Å². The Bertz CT molecular complexity index is 1220. The summed E-state index contributed by atoms with van der Waals surface area (Å²) < 4.78 is 2.70. The van der Waals surface area contributed by atoms with Gasteiger partial charge in [0.05, 0.1) is 9.36 Å². The average Bonchev–Trinajstić information content (AvgIpc) is 3.33. The summed E-state index contributed by atoms with van der Waals surface area (Å²) in [6, 6.07) is 7.13. The van der Waals surface area contributed by atoms with Crippen LogP contribution in [0.2, 0.25) is 0 Å². The third kappa shape index (κ3) is 7.13. The van der Waals surface area contributed by atoms with Crippen molar-refractivity contribution in [2.45, 2.75) is 6.42 Å². The van der Waals surface area contributed by atoms with Crippen LogP contribution in [0.4, 0.5) is 11.5 Å². The smallest absolute Gasteiger partial charge is 0.287 e. The maximum atomic E-state index is 12.8. The van der Waals surface area contributed by atoms with Crippen molar-refractivity contribution in [3.8, 4) is 0 Å². The molecule has 1 aromatic carbocycles. The molecule has 3 N–H and O–H groups in total.